The molecule has 9 heteroatoms. The molecule has 0 aromatic heterocycles. The summed E-state index contributed by atoms with van der Waals surface area (Å²) in [6.45, 7) is 1.18. The minimum Gasteiger partial charge on any atom is -0.368 e. The van der Waals surface area contributed by atoms with Gasteiger partial charge in [0, 0.05) is 0 Å². The summed E-state index contributed by atoms with van der Waals surface area (Å²) in [5.74, 6) is -0.697. The Hall–Kier alpha value is -0.800. The van der Waals surface area contributed by atoms with Gasteiger partial charge >= 0.3 is 0 Å². The zero-order valence-electron chi connectivity index (χ0n) is 10.4. The van der Waals surface area contributed by atoms with Gasteiger partial charge in [-0.15, -0.1) is 0 Å². The van der Waals surface area contributed by atoms with Crippen molar-refractivity contribution in [1.29, 1.82) is 0 Å². The third kappa shape index (κ3) is 7.51. The molecule has 0 bridgehead atoms. The van der Waals surface area contributed by atoms with E-state index >= 15 is 0 Å². The van der Waals surface area contributed by atoms with Gasteiger partial charge in [-0.2, -0.15) is 11.8 Å². The summed E-state index contributed by atoms with van der Waals surface area (Å²) >= 11 is 1.50. The summed E-state index contributed by atoms with van der Waals surface area (Å²) in [6, 6.07) is -0.873. The molecule has 4 N–H and O–H groups in total. The molecule has 0 aliphatic carbocycles. The van der Waals surface area contributed by atoms with Gasteiger partial charge in [0.2, 0.25) is 21.8 Å². The number of thioether (sulfide) groups is 1. The first kappa shape index (κ1) is 17.2. The molecule has 0 saturated carbocycles. The van der Waals surface area contributed by atoms with Crippen molar-refractivity contribution < 1.29 is 18.0 Å². The van der Waals surface area contributed by atoms with Crippen molar-refractivity contribution >= 4 is 33.6 Å². The molecule has 2 amide bonds. The second kappa shape index (κ2) is 8.33. The van der Waals surface area contributed by atoms with Gasteiger partial charge in [-0.05, 0) is 25.4 Å². The second-order valence-electron chi connectivity index (χ2n) is 3.54. The smallest absolute Gasteiger partial charge is 0.238 e. The number of sulfonamides is 1. The third-order valence-electron chi connectivity index (χ3n) is 2.07. The summed E-state index contributed by atoms with van der Waals surface area (Å²) in [5.41, 5.74) is 4.90. The Morgan fingerprint density at radius 1 is 1.39 bits per heavy atom. The lowest BCUT2D eigenvalue weighted by Crippen LogP contribution is -2.49. The van der Waals surface area contributed by atoms with Crippen LogP contribution in [-0.2, 0) is 19.6 Å². The lowest BCUT2D eigenvalue weighted by molar-refractivity contribution is -0.125. The minimum atomic E-state index is -3.47. The largest absolute Gasteiger partial charge is 0.368 e. The van der Waals surface area contributed by atoms with Crippen LogP contribution in [0.4, 0.5) is 0 Å². The lowest BCUT2D eigenvalue weighted by Gasteiger charge is -2.17. The quantitative estimate of drug-likeness (QED) is 0.486. The minimum absolute atomic E-state index is 0.105. The van der Waals surface area contributed by atoms with Gasteiger partial charge in [0.1, 0.15) is 6.04 Å². The molecule has 18 heavy (non-hydrogen) atoms. The number of carbonyl (C=O) groups is 2. The van der Waals surface area contributed by atoms with E-state index in [0.717, 1.165) is 0 Å². The first-order valence-corrected chi connectivity index (χ1v) is 8.42. The average molecular weight is 297 g/mol. The summed E-state index contributed by atoms with van der Waals surface area (Å²) in [5, 5.41) is 2.29. The topological polar surface area (TPSA) is 118 Å². The Bertz CT molecular complexity index is 383. The van der Waals surface area contributed by atoms with E-state index in [-0.39, 0.29) is 12.3 Å². The van der Waals surface area contributed by atoms with Crippen molar-refractivity contribution in [3.63, 3.8) is 0 Å². The fraction of sp³-hybridized carbons (Fsp3) is 0.778. The van der Waals surface area contributed by atoms with Crippen molar-refractivity contribution in [2.45, 2.75) is 19.4 Å². The van der Waals surface area contributed by atoms with E-state index in [4.69, 9.17) is 5.73 Å². The molecule has 0 fully saturated rings. The van der Waals surface area contributed by atoms with E-state index in [1.54, 1.807) is 0 Å². The number of carbonyl (C=O) groups excluding carboxylic acids is 2. The van der Waals surface area contributed by atoms with Gasteiger partial charge in [0.05, 0.1) is 12.3 Å². The van der Waals surface area contributed by atoms with Gasteiger partial charge in [0.25, 0.3) is 0 Å². The number of amides is 2. The van der Waals surface area contributed by atoms with E-state index in [1.807, 2.05) is 6.26 Å². The maximum absolute atomic E-state index is 11.7. The molecule has 0 saturated heterocycles. The Balaban J connectivity index is 4.56. The molecular weight excluding hydrogens is 278 g/mol. The van der Waals surface area contributed by atoms with Crippen molar-refractivity contribution in [3.8, 4) is 0 Å². The average Bonchev–Trinajstić information content (AvgIpc) is 2.31. The maximum Gasteiger partial charge on any atom is 0.238 e. The van der Waals surface area contributed by atoms with Crippen LogP contribution in [0, 0.1) is 0 Å². The van der Waals surface area contributed by atoms with E-state index in [9.17, 15) is 18.0 Å². The number of hydrogen-bond donors (Lipinski definition) is 3. The Morgan fingerprint density at radius 2 is 2.00 bits per heavy atom. The Labute approximate surface area is 111 Å². The fourth-order valence-corrected chi connectivity index (χ4v) is 2.37. The van der Waals surface area contributed by atoms with Crippen LogP contribution in [-0.4, -0.2) is 50.6 Å². The third-order valence-corrected chi connectivity index (χ3v) is 4.11. The highest BCUT2D eigenvalue weighted by Gasteiger charge is 2.23. The summed E-state index contributed by atoms with van der Waals surface area (Å²) in [7, 11) is -3.47. The van der Waals surface area contributed by atoms with Crippen LogP contribution in [0.5, 0.6) is 0 Å². The Kier molecular flexibility index (Phi) is 7.96. The van der Waals surface area contributed by atoms with Crippen molar-refractivity contribution in [1.82, 2.24) is 10.0 Å². The molecule has 0 radical (unpaired) electrons. The van der Waals surface area contributed by atoms with Crippen LogP contribution in [0.2, 0.25) is 0 Å². The maximum atomic E-state index is 11.7. The fourth-order valence-electron chi connectivity index (χ4n) is 1.08. The molecule has 7 nitrogen and oxygen atoms in total. The van der Waals surface area contributed by atoms with Crippen LogP contribution in [0.15, 0.2) is 0 Å². The highest BCUT2D eigenvalue weighted by molar-refractivity contribution is 7.98. The monoisotopic (exact) mass is 297 g/mol. The lowest BCUT2D eigenvalue weighted by atomic mass is 10.2. The van der Waals surface area contributed by atoms with Gasteiger partial charge in [0.15, 0.2) is 0 Å². The number of nitrogens with two attached hydrogens (primary N) is 1. The van der Waals surface area contributed by atoms with Crippen molar-refractivity contribution in [3.05, 3.63) is 0 Å². The standard InChI is InChI=1S/C9H19N3O4S2/c1-3-18(15,16)12-7(4-5-17-2)9(14)11-6-8(10)13/h7,12H,3-6H2,1-2H3,(H2,10,13)(H,11,14). The normalized spacial score (nSPS) is 13.0. The number of hydrogen-bond acceptors (Lipinski definition) is 5. The van der Waals surface area contributed by atoms with Gasteiger partial charge in [-0.3, -0.25) is 9.59 Å². The number of primary amides is 1. The molecule has 106 valence electrons. The van der Waals surface area contributed by atoms with Gasteiger partial charge in [-0.1, -0.05) is 0 Å². The predicted octanol–water partition coefficient (Wildman–Crippen LogP) is -1.35. The zero-order valence-corrected chi connectivity index (χ0v) is 12.1. The molecule has 0 heterocycles. The van der Waals surface area contributed by atoms with Crippen LogP contribution < -0.4 is 15.8 Å². The van der Waals surface area contributed by atoms with Crippen molar-refractivity contribution in [2.24, 2.45) is 5.73 Å². The molecule has 0 aromatic rings. The number of rotatable bonds is 9. The zero-order chi connectivity index (χ0) is 14.2. The molecule has 0 spiro atoms. The molecule has 0 aromatic carbocycles. The van der Waals surface area contributed by atoms with Crippen LogP contribution in [0.25, 0.3) is 0 Å². The first-order chi connectivity index (χ1) is 8.32. The predicted molar refractivity (Wildman–Crippen MR) is 71.6 cm³/mol. The Morgan fingerprint density at radius 3 is 2.44 bits per heavy atom. The molecule has 0 aliphatic heterocycles. The molecular formula is C9H19N3O4S2. The summed E-state index contributed by atoms with van der Waals surface area (Å²) in [4.78, 5) is 22.2. The second-order valence-corrected chi connectivity index (χ2v) is 6.57. The van der Waals surface area contributed by atoms with Crippen molar-refractivity contribution in [2.75, 3.05) is 24.3 Å². The van der Waals surface area contributed by atoms with E-state index < -0.39 is 27.9 Å². The highest BCUT2D eigenvalue weighted by atomic mass is 32.2. The van der Waals surface area contributed by atoms with Crippen LogP contribution in [0.1, 0.15) is 13.3 Å². The van der Waals surface area contributed by atoms with E-state index in [1.165, 1.54) is 18.7 Å². The van der Waals surface area contributed by atoms with Gasteiger partial charge in [-0.25, -0.2) is 13.1 Å². The van der Waals surface area contributed by atoms with Gasteiger partial charge < -0.3 is 11.1 Å². The summed E-state index contributed by atoms with van der Waals surface area (Å²) < 4.78 is 25.1. The molecule has 1 atom stereocenters. The molecule has 1 unspecified atom stereocenters. The van der Waals surface area contributed by atoms with E-state index in [2.05, 4.69) is 10.0 Å². The highest BCUT2D eigenvalue weighted by Crippen LogP contribution is 2.02. The molecule has 0 rings (SSSR count). The summed E-state index contributed by atoms with van der Waals surface area (Å²) in [6.07, 6.45) is 2.21. The first-order valence-electron chi connectivity index (χ1n) is 5.37. The van der Waals surface area contributed by atoms with E-state index in [0.29, 0.717) is 12.2 Å². The van der Waals surface area contributed by atoms with Crippen LogP contribution in [0.3, 0.4) is 0 Å². The molecule has 0 aliphatic rings. The number of nitrogens with one attached hydrogen (secondary N) is 2. The van der Waals surface area contributed by atoms with Crippen LogP contribution >= 0.6 is 11.8 Å². The SMILES string of the molecule is CCS(=O)(=O)NC(CCSC)C(=O)NCC(N)=O.